The predicted molar refractivity (Wildman–Crippen MR) is 84.3 cm³/mol. The number of aryl methyl sites for hydroxylation is 1. The fraction of sp³-hybridized carbons (Fsp3) is 0.353. The first-order valence-electron chi connectivity index (χ1n) is 7.16. The minimum Gasteiger partial charge on any atom is -0.465 e. The molecule has 0 spiro atoms. The number of esters is 1. The molecule has 4 nitrogen and oxygen atoms in total. The van der Waals surface area contributed by atoms with E-state index >= 15 is 0 Å². The Balaban J connectivity index is 2.21. The molecular weight excluding hydrogens is 264 g/mol. The molecule has 0 unspecified atom stereocenters. The second kappa shape index (κ2) is 5.37. The van der Waals surface area contributed by atoms with Gasteiger partial charge >= 0.3 is 5.97 Å². The number of carbonyl (C=O) groups excluding carboxylic acids is 1. The molecule has 0 radical (unpaired) electrons. The van der Waals surface area contributed by atoms with Crippen molar-refractivity contribution in [3.05, 3.63) is 41.6 Å². The fourth-order valence-electron chi connectivity index (χ4n) is 2.99. The van der Waals surface area contributed by atoms with Crippen molar-refractivity contribution in [2.45, 2.75) is 6.42 Å². The van der Waals surface area contributed by atoms with Crippen molar-refractivity contribution in [1.82, 2.24) is 9.47 Å². The SMILES string of the molecule is COC(=O)c1cn(C)c2cccc(C3=CCN(C)CC3)c12. The normalized spacial score (nSPS) is 16.0. The standard InChI is InChI=1S/C17H20N2O2/c1-18-9-7-12(8-10-18)13-5-4-6-15-16(13)14(11-19(15)2)17(20)21-3/h4-7,11H,8-10H2,1-3H3. The Labute approximate surface area is 124 Å². The number of likely N-dealkylation sites (N-methyl/N-ethyl adjacent to an activating group) is 1. The van der Waals surface area contributed by atoms with Gasteiger partial charge in [0.25, 0.3) is 0 Å². The molecule has 0 N–H and O–H groups in total. The van der Waals surface area contributed by atoms with Gasteiger partial charge in [-0.2, -0.15) is 0 Å². The van der Waals surface area contributed by atoms with Crippen molar-refractivity contribution >= 4 is 22.4 Å². The van der Waals surface area contributed by atoms with E-state index in [-0.39, 0.29) is 5.97 Å². The highest BCUT2D eigenvalue weighted by Crippen LogP contribution is 2.32. The zero-order valence-corrected chi connectivity index (χ0v) is 12.7. The Morgan fingerprint density at radius 1 is 1.29 bits per heavy atom. The lowest BCUT2D eigenvalue weighted by molar-refractivity contribution is 0.0602. The van der Waals surface area contributed by atoms with Crippen molar-refractivity contribution in [2.24, 2.45) is 7.05 Å². The van der Waals surface area contributed by atoms with Gasteiger partial charge in [0, 0.05) is 37.2 Å². The number of fused-ring (bicyclic) bond motifs is 1. The van der Waals surface area contributed by atoms with Crippen molar-refractivity contribution in [3.8, 4) is 0 Å². The van der Waals surface area contributed by atoms with Crippen molar-refractivity contribution in [3.63, 3.8) is 0 Å². The Kier molecular flexibility index (Phi) is 3.55. The molecule has 2 aromatic rings. The monoisotopic (exact) mass is 284 g/mol. The molecule has 21 heavy (non-hydrogen) atoms. The Bertz CT molecular complexity index is 728. The number of benzene rings is 1. The first kappa shape index (κ1) is 13.9. The summed E-state index contributed by atoms with van der Waals surface area (Å²) in [5.41, 5.74) is 4.18. The Hall–Kier alpha value is -2.07. The first-order valence-corrected chi connectivity index (χ1v) is 7.16. The molecule has 0 saturated heterocycles. The summed E-state index contributed by atoms with van der Waals surface area (Å²) in [6, 6.07) is 6.20. The Morgan fingerprint density at radius 2 is 2.10 bits per heavy atom. The quantitative estimate of drug-likeness (QED) is 0.795. The maximum atomic E-state index is 12.1. The van der Waals surface area contributed by atoms with Crippen LogP contribution in [0.1, 0.15) is 22.3 Å². The van der Waals surface area contributed by atoms with Crippen LogP contribution in [0, 0.1) is 0 Å². The molecule has 1 aliphatic heterocycles. The average molecular weight is 284 g/mol. The summed E-state index contributed by atoms with van der Waals surface area (Å²) < 4.78 is 6.92. The number of carbonyl (C=O) groups is 1. The lowest BCUT2D eigenvalue weighted by atomic mass is 9.95. The first-order chi connectivity index (χ1) is 10.1. The van der Waals surface area contributed by atoms with E-state index in [4.69, 9.17) is 4.74 Å². The lowest BCUT2D eigenvalue weighted by Gasteiger charge is -2.22. The molecule has 1 aromatic carbocycles. The van der Waals surface area contributed by atoms with E-state index in [2.05, 4.69) is 30.2 Å². The maximum Gasteiger partial charge on any atom is 0.340 e. The van der Waals surface area contributed by atoms with E-state index in [1.54, 1.807) is 0 Å². The molecule has 110 valence electrons. The van der Waals surface area contributed by atoms with Gasteiger partial charge in [-0.1, -0.05) is 18.2 Å². The molecule has 3 rings (SSSR count). The van der Waals surface area contributed by atoms with Crippen LogP contribution >= 0.6 is 0 Å². The molecule has 0 aliphatic carbocycles. The second-order valence-electron chi connectivity index (χ2n) is 5.59. The summed E-state index contributed by atoms with van der Waals surface area (Å²) in [6.45, 7) is 1.99. The van der Waals surface area contributed by atoms with Crippen LogP contribution in [0.4, 0.5) is 0 Å². The van der Waals surface area contributed by atoms with E-state index in [0.717, 1.165) is 36.0 Å². The van der Waals surface area contributed by atoms with Crippen LogP contribution in [0.2, 0.25) is 0 Å². The van der Waals surface area contributed by atoms with E-state index in [1.807, 2.05) is 23.9 Å². The highest BCUT2D eigenvalue weighted by molar-refractivity contribution is 6.08. The topological polar surface area (TPSA) is 34.5 Å². The lowest BCUT2D eigenvalue weighted by Crippen LogP contribution is -2.23. The maximum absolute atomic E-state index is 12.1. The van der Waals surface area contributed by atoms with Gasteiger partial charge in [-0.15, -0.1) is 0 Å². The smallest absolute Gasteiger partial charge is 0.340 e. The molecular formula is C17H20N2O2. The zero-order chi connectivity index (χ0) is 15.0. The van der Waals surface area contributed by atoms with Gasteiger partial charge in [0.05, 0.1) is 12.7 Å². The molecule has 0 saturated carbocycles. The summed E-state index contributed by atoms with van der Waals surface area (Å²) in [5, 5.41) is 1.00. The third-order valence-electron chi connectivity index (χ3n) is 4.18. The van der Waals surface area contributed by atoms with Crippen LogP contribution in [-0.4, -0.2) is 42.7 Å². The summed E-state index contributed by atoms with van der Waals surface area (Å²) in [5.74, 6) is -0.276. The van der Waals surface area contributed by atoms with Gasteiger partial charge in [0.1, 0.15) is 0 Å². The highest BCUT2D eigenvalue weighted by Gasteiger charge is 2.20. The summed E-state index contributed by atoms with van der Waals surface area (Å²) in [4.78, 5) is 14.4. The van der Waals surface area contributed by atoms with E-state index in [1.165, 1.54) is 12.7 Å². The zero-order valence-electron chi connectivity index (χ0n) is 12.7. The molecule has 0 fully saturated rings. The van der Waals surface area contributed by atoms with Crippen LogP contribution in [0.3, 0.4) is 0 Å². The van der Waals surface area contributed by atoms with Crippen LogP contribution in [0.15, 0.2) is 30.5 Å². The summed E-state index contributed by atoms with van der Waals surface area (Å²) in [7, 11) is 5.51. The Morgan fingerprint density at radius 3 is 2.76 bits per heavy atom. The average Bonchev–Trinajstić information content (AvgIpc) is 2.85. The van der Waals surface area contributed by atoms with Gasteiger partial charge in [-0.3, -0.25) is 0 Å². The number of rotatable bonds is 2. The number of hydrogen-bond donors (Lipinski definition) is 0. The van der Waals surface area contributed by atoms with Crippen molar-refractivity contribution < 1.29 is 9.53 Å². The molecule has 1 aromatic heterocycles. The second-order valence-corrected chi connectivity index (χ2v) is 5.59. The number of ether oxygens (including phenoxy) is 1. The molecule has 0 bridgehead atoms. The van der Waals surface area contributed by atoms with E-state index < -0.39 is 0 Å². The third-order valence-corrected chi connectivity index (χ3v) is 4.18. The van der Waals surface area contributed by atoms with Crippen LogP contribution in [0.25, 0.3) is 16.5 Å². The molecule has 4 heteroatoms. The third kappa shape index (κ3) is 2.36. The van der Waals surface area contributed by atoms with Crippen LogP contribution in [0.5, 0.6) is 0 Å². The van der Waals surface area contributed by atoms with Crippen LogP contribution < -0.4 is 0 Å². The van der Waals surface area contributed by atoms with Gasteiger partial charge in [0.15, 0.2) is 0 Å². The van der Waals surface area contributed by atoms with Gasteiger partial charge in [-0.25, -0.2) is 4.79 Å². The number of nitrogens with zero attached hydrogens (tertiary/aromatic N) is 2. The molecule has 1 aliphatic rings. The van der Waals surface area contributed by atoms with Gasteiger partial charge < -0.3 is 14.2 Å². The minimum atomic E-state index is -0.276. The van der Waals surface area contributed by atoms with Gasteiger partial charge in [0.2, 0.25) is 0 Å². The van der Waals surface area contributed by atoms with E-state index in [9.17, 15) is 4.79 Å². The molecule has 0 atom stereocenters. The number of hydrogen-bond acceptors (Lipinski definition) is 3. The summed E-state index contributed by atoms with van der Waals surface area (Å²) >= 11 is 0. The van der Waals surface area contributed by atoms with Crippen molar-refractivity contribution in [2.75, 3.05) is 27.2 Å². The number of methoxy groups -OCH3 is 1. The predicted octanol–water partition coefficient (Wildman–Crippen LogP) is 2.68. The molecule has 2 heterocycles. The fourth-order valence-corrected chi connectivity index (χ4v) is 2.99. The summed E-state index contributed by atoms with van der Waals surface area (Å²) in [6.07, 6.45) is 5.12. The largest absolute Gasteiger partial charge is 0.465 e. The van der Waals surface area contributed by atoms with Gasteiger partial charge in [-0.05, 0) is 30.7 Å². The van der Waals surface area contributed by atoms with Crippen LogP contribution in [-0.2, 0) is 11.8 Å². The molecule has 0 amide bonds. The van der Waals surface area contributed by atoms with Crippen molar-refractivity contribution in [1.29, 1.82) is 0 Å². The minimum absolute atomic E-state index is 0.276. The van der Waals surface area contributed by atoms with E-state index in [0.29, 0.717) is 5.56 Å². The highest BCUT2D eigenvalue weighted by atomic mass is 16.5. The number of aromatic nitrogens is 1.